The zero-order valence-electron chi connectivity index (χ0n) is 9.55. The molecule has 0 aromatic heterocycles. The summed E-state index contributed by atoms with van der Waals surface area (Å²) >= 11 is 3.23. The largest absolute Gasteiger partial charge is 0.466 e. The third kappa shape index (κ3) is 3.85. The standard InChI is InChI=1S/C11H11BrN2O4/c1-18-11(15)6-9(13)5-7-4-8(12)2-3-10(7)14(16)17/h2-4,6H,5,13H2,1H3. The Morgan fingerprint density at radius 2 is 2.28 bits per heavy atom. The van der Waals surface area contributed by atoms with Gasteiger partial charge in [0.1, 0.15) is 0 Å². The molecule has 1 rings (SSSR count). The fourth-order valence-corrected chi connectivity index (χ4v) is 1.76. The second-order valence-corrected chi connectivity index (χ2v) is 4.37. The summed E-state index contributed by atoms with van der Waals surface area (Å²) in [4.78, 5) is 21.3. The molecular weight excluding hydrogens is 304 g/mol. The number of nitrogens with two attached hydrogens (primary N) is 1. The topological polar surface area (TPSA) is 95.5 Å². The molecule has 96 valence electrons. The maximum Gasteiger partial charge on any atom is 0.332 e. The first kappa shape index (κ1) is 14.2. The minimum Gasteiger partial charge on any atom is -0.466 e. The van der Waals surface area contributed by atoms with Crippen LogP contribution in [0.2, 0.25) is 0 Å². The fraction of sp³-hybridized carbons (Fsp3) is 0.182. The molecule has 0 atom stereocenters. The molecule has 0 radical (unpaired) electrons. The smallest absolute Gasteiger partial charge is 0.332 e. The lowest BCUT2D eigenvalue weighted by atomic mass is 10.1. The monoisotopic (exact) mass is 314 g/mol. The van der Waals surface area contributed by atoms with Crippen molar-refractivity contribution >= 4 is 27.6 Å². The van der Waals surface area contributed by atoms with Crippen molar-refractivity contribution in [3.05, 3.63) is 50.1 Å². The highest BCUT2D eigenvalue weighted by Crippen LogP contribution is 2.24. The van der Waals surface area contributed by atoms with Gasteiger partial charge in [0.2, 0.25) is 0 Å². The number of allylic oxidation sites excluding steroid dienone is 1. The molecule has 1 aromatic rings. The van der Waals surface area contributed by atoms with Crippen molar-refractivity contribution in [3.8, 4) is 0 Å². The molecule has 0 saturated carbocycles. The number of ether oxygens (including phenoxy) is 1. The lowest BCUT2D eigenvalue weighted by molar-refractivity contribution is -0.385. The van der Waals surface area contributed by atoms with E-state index in [0.29, 0.717) is 10.0 Å². The van der Waals surface area contributed by atoms with Crippen molar-refractivity contribution in [1.82, 2.24) is 0 Å². The van der Waals surface area contributed by atoms with Gasteiger partial charge in [-0.25, -0.2) is 4.79 Å². The van der Waals surface area contributed by atoms with E-state index >= 15 is 0 Å². The normalized spacial score (nSPS) is 11.1. The summed E-state index contributed by atoms with van der Waals surface area (Å²) in [5, 5.41) is 10.8. The van der Waals surface area contributed by atoms with E-state index < -0.39 is 10.9 Å². The Hall–Kier alpha value is -1.89. The third-order valence-corrected chi connectivity index (χ3v) is 2.63. The number of carbonyl (C=O) groups is 1. The van der Waals surface area contributed by atoms with Gasteiger partial charge in [0, 0.05) is 34.3 Å². The Balaban J connectivity index is 3.03. The summed E-state index contributed by atoms with van der Waals surface area (Å²) in [6, 6.07) is 4.54. The van der Waals surface area contributed by atoms with Gasteiger partial charge in [-0.1, -0.05) is 15.9 Å². The molecule has 6 nitrogen and oxygen atoms in total. The average Bonchev–Trinajstić information content (AvgIpc) is 2.28. The second kappa shape index (κ2) is 6.15. The SMILES string of the molecule is COC(=O)C=C(N)Cc1cc(Br)ccc1[N+](=O)[O-]. The molecule has 0 saturated heterocycles. The van der Waals surface area contributed by atoms with Crippen molar-refractivity contribution in [2.45, 2.75) is 6.42 Å². The number of hydrogen-bond donors (Lipinski definition) is 1. The lowest BCUT2D eigenvalue weighted by Gasteiger charge is -2.04. The Kier molecular flexibility index (Phi) is 4.85. The minimum atomic E-state index is -0.592. The first-order valence-corrected chi connectivity index (χ1v) is 5.70. The summed E-state index contributed by atoms with van der Waals surface area (Å²) in [6.45, 7) is 0. The van der Waals surface area contributed by atoms with E-state index in [4.69, 9.17) is 5.73 Å². The zero-order valence-corrected chi connectivity index (χ0v) is 11.1. The summed E-state index contributed by atoms with van der Waals surface area (Å²) in [6.07, 6.45) is 1.20. The molecule has 0 unspecified atom stereocenters. The maximum atomic E-state index is 11.0. The average molecular weight is 315 g/mol. The van der Waals surface area contributed by atoms with Gasteiger partial charge in [0.05, 0.1) is 12.0 Å². The van der Waals surface area contributed by atoms with Gasteiger partial charge >= 0.3 is 5.97 Å². The van der Waals surface area contributed by atoms with Crippen LogP contribution >= 0.6 is 15.9 Å². The Morgan fingerprint density at radius 1 is 1.61 bits per heavy atom. The van der Waals surface area contributed by atoms with Gasteiger partial charge in [-0.05, 0) is 12.1 Å². The third-order valence-electron chi connectivity index (χ3n) is 2.14. The Labute approximate surface area is 112 Å². The minimum absolute atomic E-state index is 0.0422. The summed E-state index contributed by atoms with van der Waals surface area (Å²) < 4.78 is 5.12. The maximum absolute atomic E-state index is 11.0. The van der Waals surface area contributed by atoms with Crippen LogP contribution in [-0.2, 0) is 16.0 Å². The van der Waals surface area contributed by atoms with Crippen molar-refractivity contribution in [2.75, 3.05) is 7.11 Å². The van der Waals surface area contributed by atoms with E-state index in [9.17, 15) is 14.9 Å². The van der Waals surface area contributed by atoms with Crippen LogP contribution in [0.1, 0.15) is 5.56 Å². The number of nitro benzene ring substituents is 1. The quantitative estimate of drug-likeness (QED) is 0.396. The predicted octanol–water partition coefficient (Wildman–Crippen LogP) is 1.92. The van der Waals surface area contributed by atoms with Gasteiger partial charge in [-0.2, -0.15) is 0 Å². The van der Waals surface area contributed by atoms with E-state index in [1.54, 1.807) is 12.1 Å². The molecule has 0 bridgehead atoms. The zero-order chi connectivity index (χ0) is 13.7. The van der Waals surface area contributed by atoms with Crippen LogP contribution in [0.25, 0.3) is 0 Å². The Bertz CT molecular complexity index is 514. The highest BCUT2D eigenvalue weighted by atomic mass is 79.9. The van der Waals surface area contributed by atoms with Gasteiger partial charge in [-0.3, -0.25) is 10.1 Å². The fourth-order valence-electron chi connectivity index (χ4n) is 1.36. The number of methoxy groups -OCH3 is 1. The Morgan fingerprint density at radius 3 is 2.83 bits per heavy atom. The molecule has 0 amide bonds. The van der Waals surface area contributed by atoms with Gasteiger partial charge in [0.15, 0.2) is 0 Å². The van der Waals surface area contributed by atoms with Crippen molar-refractivity contribution in [2.24, 2.45) is 5.73 Å². The van der Waals surface area contributed by atoms with Gasteiger partial charge in [0.25, 0.3) is 5.69 Å². The highest BCUT2D eigenvalue weighted by molar-refractivity contribution is 9.10. The van der Waals surface area contributed by atoms with E-state index in [2.05, 4.69) is 20.7 Å². The van der Waals surface area contributed by atoms with Crippen LogP contribution in [0.15, 0.2) is 34.4 Å². The van der Waals surface area contributed by atoms with Crippen molar-refractivity contribution in [3.63, 3.8) is 0 Å². The van der Waals surface area contributed by atoms with Crippen LogP contribution in [-0.4, -0.2) is 18.0 Å². The molecule has 0 fully saturated rings. The van der Waals surface area contributed by atoms with Crippen molar-refractivity contribution in [1.29, 1.82) is 0 Å². The number of carbonyl (C=O) groups excluding carboxylic acids is 1. The first-order valence-electron chi connectivity index (χ1n) is 4.91. The number of halogens is 1. The van der Waals surface area contributed by atoms with E-state index in [1.807, 2.05) is 0 Å². The molecule has 0 spiro atoms. The predicted molar refractivity (Wildman–Crippen MR) is 68.8 cm³/mol. The first-order chi connectivity index (χ1) is 8.43. The molecule has 7 heteroatoms. The van der Waals surface area contributed by atoms with Gasteiger partial charge < -0.3 is 10.5 Å². The summed E-state index contributed by atoms with van der Waals surface area (Å²) in [5.41, 5.74) is 6.20. The van der Waals surface area contributed by atoms with Crippen LogP contribution in [0.5, 0.6) is 0 Å². The number of hydrogen-bond acceptors (Lipinski definition) is 5. The van der Waals surface area contributed by atoms with E-state index in [0.717, 1.165) is 6.08 Å². The second-order valence-electron chi connectivity index (χ2n) is 3.45. The molecular formula is C11H11BrN2O4. The van der Waals surface area contributed by atoms with E-state index in [-0.39, 0.29) is 17.8 Å². The van der Waals surface area contributed by atoms with E-state index in [1.165, 1.54) is 13.2 Å². The van der Waals surface area contributed by atoms with Crippen molar-refractivity contribution < 1.29 is 14.5 Å². The van der Waals surface area contributed by atoms with Crippen LogP contribution in [0.3, 0.4) is 0 Å². The van der Waals surface area contributed by atoms with Gasteiger partial charge in [-0.15, -0.1) is 0 Å². The lowest BCUT2D eigenvalue weighted by Crippen LogP contribution is -2.07. The molecule has 0 heterocycles. The highest BCUT2D eigenvalue weighted by Gasteiger charge is 2.14. The molecule has 0 aliphatic carbocycles. The van der Waals surface area contributed by atoms with Crippen LogP contribution in [0.4, 0.5) is 5.69 Å². The van der Waals surface area contributed by atoms with Crippen LogP contribution < -0.4 is 5.73 Å². The summed E-state index contributed by atoms with van der Waals surface area (Å²) in [5.74, 6) is -0.592. The molecule has 1 aromatic carbocycles. The number of benzene rings is 1. The molecule has 0 aliphatic heterocycles. The van der Waals surface area contributed by atoms with Crippen LogP contribution in [0, 0.1) is 10.1 Å². The molecule has 0 aliphatic rings. The number of nitrogens with zero attached hydrogens (tertiary/aromatic N) is 1. The number of rotatable bonds is 4. The molecule has 18 heavy (non-hydrogen) atoms. The number of esters is 1. The summed E-state index contributed by atoms with van der Waals surface area (Å²) in [7, 11) is 1.23. The number of nitro groups is 1. The molecule has 2 N–H and O–H groups in total.